The molecule has 20 heavy (non-hydrogen) atoms. The normalized spacial score (nSPS) is 10.8. The van der Waals surface area contributed by atoms with Gasteiger partial charge < -0.3 is 9.73 Å². The standard InChI is InChI=1S/C15H15N3OS/c1-2-5-12(6-3-1)15-18-17-14(19-15)11-16-9-8-13-7-4-10-20-13/h1-7,10,16H,8-9,11H2. The zero-order chi connectivity index (χ0) is 13.6. The average Bonchev–Trinajstić information content (AvgIpc) is 3.16. The summed E-state index contributed by atoms with van der Waals surface area (Å²) in [5, 5.41) is 13.5. The summed E-state index contributed by atoms with van der Waals surface area (Å²) in [7, 11) is 0. The summed E-state index contributed by atoms with van der Waals surface area (Å²) in [6.07, 6.45) is 1.03. The highest BCUT2D eigenvalue weighted by Crippen LogP contribution is 2.16. The van der Waals surface area contributed by atoms with Crippen molar-refractivity contribution in [2.45, 2.75) is 13.0 Å². The maximum Gasteiger partial charge on any atom is 0.247 e. The van der Waals surface area contributed by atoms with E-state index in [1.54, 1.807) is 11.3 Å². The molecule has 2 heterocycles. The number of rotatable bonds is 6. The second kappa shape index (κ2) is 6.45. The Morgan fingerprint density at radius 1 is 1.05 bits per heavy atom. The highest BCUT2D eigenvalue weighted by Gasteiger charge is 2.07. The first-order valence-electron chi connectivity index (χ1n) is 6.53. The minimum absolute atomic E-state index is 0.570. The van der Waals surface area contributed by atoms with Gasteiger partial charge in [0.2, 0.25) is 11.8 Å². The molecule has 1 N–H and O–H groups in total. The van der Waals surface area contributed by atoms with E-state index in [0.717, 1.165) is 18.5 Å². The first-order chi connectivity index (χ1) is 9.92. The van der Waals surface area contributed by atoms with Crippen molar-refractivity contribution in [3.8, 4) is 11.5 Å². The molecule has 5 heteroatoms. The SMILES string of the molecule is c1ccc(-c2nnc(CNCCc3cccs3)o2)cc1. The summed E-state index contributed by atoms with van der Waals surface area (Å²) in [5.74, 6) is 1.19. The van der Waals surface area contributed by atoms with Gasteiger partial charge in [-0.15, -0.1) is 21.5 Å². The minimum atomic E-state index is 0.570. The van der Waals surface area contributed by atoms with Gasteiger partial charge in [-0.25, -0.2) is 0 Å². The Labute approximate surface area is 121 Å². The van der Waals surface area contributed by atoms with Gasteiger partial charge in [0.1, 0.15) is 0 Å². The van der Waals surface area contributed by atoms with Gasteiger partial charge in [0.25, 0.3) is 0 Å². The van der Waals surface area contributed by atoms with Crippen LogP contribution in [0.3, 0.4) is 0 Å². The zero-order valence-electron chi connectivity index (χ0n) is 11.0. The van der Waals surface area contributed by atoms with Crippen molar-refractivity contribution in [3.63, 3.8) is 0 Å². The Hall–Kier alpha value is -1.98. The molecule has 4 nitrogen and oxygen atoms in total. The lowest BCUT2D eigenvalue weighted by atomic mass is 10.2. The van der Waals surface area contributed by atoms with E-state index in [2.05, 4.69) is 33.0 Å². The summed E-state index contributed by atoms with van der Waals surface area (Å²) in [5.41, 5.74) is 0.949. The van der Waals surface area contributed by atoms with E-state index in [-0.39, 0.29) is 0 Å². The number of aromatic nitrogens is 2. The van der Waals surface area contributed by atoms with Crippen molar-refractivity contribution in [1.82, 2.24) is 15.5 Å². The summed E-state index contributed by atoms with van der Waals surface area (Å²) in [4.78, 5) is 1.38. The van der Waals surface area contributed by atoms with Gasteiger partial charge >= 0.3 is 0 Å². The fourth-order valence-electron chi connectivity index (χ4n) is 1.88. The van der Waals surface area contributed by atoms with E-state index in [9.17, 15) is 0 Å². The molecule has 2 aromatic heterocycles. The van der Waals surface area contributed by atoms with Gasteiger partial charge in [0.15, 0.2) is 0 Å². The van der Waals surface area contributed by atoms with Crippen molar-refractivity contribution < 1.29 is 4.42 Å². The van der Waals surface area contributed by atoms with E-state index in [4.69, 9.17) is 4.42 Å². The number of nitrogens with one attached hydrogen (secondary N) is 1. The van der Waals surface area contributed by atoms with Crippen LogP contribution in [-0.4, -0.2) is 16.7 Å². The zero-order valence-corrected chi connectivity index (χ0v) is 11.8. The number of hydrogen-bond donors (Lipinski definition) is 1. The van der Waals surface area contributed by atoms with Crippen LogP contribution in [0.15, 0.2) is 52.3 Å². The molecule has 0 atom stereocenters. The molecule has 0 saturated carbocycles. The topological polar surface area (TPSA) is 51.0 Å². The quantitative estimate of drug-likeness (QED) is 0.707. The van der Waals surface area contributed by atoms with Crippen LogP contribution in [0.2, 0.25) is 0 Å². The molecule has 0 saturated heterocycles. The van der Waals surface area contributed by atoms with E-state index in [1.807, 2.05) is 30.3 Å². The molecule has 3 rings (SSSR count). The van der Waals surface area contributed by atoms with Crippen LogP contribution in [0.4, 0.5) is 0 Å². The van der Waals surface area contributed by atoms with Crippen LogP contribution in [0.25, 0.3) is 11.5 Å². The van der Waals surface area contributed by atoms with Gasteiger partial charge in [-0.2, -0.15) is 0 Å². The lowest BCUT2D eigenvalue weighted by Crippen LogP contribution is -2.16. The second-order valence-electron chi connectivity index (χ2n) is 4.37. The van der Waals surface area contributed by atoms with Gasteiger partial charge in [-0.3, -0.25) is 0 Å². The molecule has 0 aliphatic heterocycles. The maximum atomic E-state index is 5.62. The highest BCUT2D eigenvalue weighted by atomic mass is 32.1. The summed E-state index contributed by atoms with van der Waals surface area (Å²) in [6, 6.07) is 14.0. The Kier molecular flexibility index (Phi) is 4.20. The van der Waals surface area contributed by atoms with Crippen LogP contribution < -0.4 is 5.32 Å². The van der Waals surface area contributed by atoms with Crippen LogP contribution in [0.5, 0.6) is 0 Å². The first kappa shape index (κ1) is 13.0. The lowest BCUT2D eigenvalue weighted by Gasteiger charge is -1.99. The van der Waals surface area contributed by atoms with Crippen molar-refractivity contribution in [3.05, 3.63) is 58.6 Å². The molecule has 3 aromatic rings. The molecule has 0 amide bonds. The second-order valence-corrected chi connectivity index (χ2v) is 5.41. The number of benzene rings is 1. The predicted molar refractivity (Wildman–Crippen MR) is 79.5 cm³/mol. The van der Waals surface area contributed by atoms with Crippen molar-refractivity contribution >= 4 is 11.3 Å². The van der Waals surface area contributed by atoms with E-state index >= 15 is 0 Å². The van der Waals surface area contributed by atoms with Crippen LogP contribution in [-0.2, 0) is 13.0 Å². The molecule has 0 radical (unpaired) electrons. The summed E-state index contributed by atoms with van der Waals surface area (Å²) >= 11 is 1.78. The van der Waals surface area contributed by atoms with Gasteiger partial charge in [0.05, 0.1) is 6.54 Å². The third-order valence-electron chi connectivity index (χ3n) is 2.89. The molecule has 0 spiro atoms. The number of nitrogens with zero attached hydrogens (tertiary/aromatic N) is 2. The summed E-state index contributed by atoms with van der Waals surface area (Å²) in [6.45, 7) is 1.51. The molecule has 0 fully saturated rings. The molecular formula is C15H15N3OS. The van der Waals surface area contributed by atoms with E-state index in [1.165, 1.54) is 4.88 Å². The molecular weight excluding hydrogens is 270 g/mol. The van der Waals surface area contributed by atoms with E-state index < -0.39 is 0 Å². The van der Waals surface area contributed by atoms with Crippen LogP contribution in [0, 0.1) is 0 Å². The third kappa shape index (κ3) is 3.31. The third-order valence-corrected chi connectivity index (χ3v) is 3.83. The van der Waals surface area contributed by atoms with Gasteiger partial charge in [0, 0.05) is 17.0 Å². The Morgan fingerprint density at radius 2 is 1.95 bits per heavy atom. The number of thiophene rings is 1. The van der Waals surface area contributed by atoms with Crippen molar-refractivity contribution in [2.75, 3.05) is 6.54 Å². The van der Waals surface area contributed by atoms with Crippen LogP contribution in [0.1, 0.15) is 10.8 Å². The summed E-state index contributed by atoms with van der Waals surface area (Å²) < 4.78 is 5.62. The van der Waals surface area contributed by atoms with Crippen molar-refractivity contribution in [2.24, 2.45) is 0 Å². The Morgan fingerprint density at radius 3 is 2.75 bits per heavy atom. The molecule has 102 valence electrons. The maximum absolute atomic E-state index is 5.62. The fraction of sp³-hybridized carbons (Fsp3) is 0.200. The first-order valence-corrected chi connectivity index (χ1v) is 7.41. The molecule has 0 aliphatic carbocycles. The number of hydrogen-bond acceptors (Lipinski definition) is 5. The van der Waals surface area contributed by atoms with Crippen LogP contribution >= 0.6 is 11.3 Å². The molecule has 0 unspecified atom stereocenters. The van der Waals surface area contributed by atoms with E-state index in [0.29, 0.717) is 18.3 Å². The monoisotopic (exact) mass is 285 g/mol. The predicted octanol–water partition coefficient (Wildman–Crippen LogP) is 3.13. The average molecular weight is 285 g/mol. The smallest absolute Gasteiger partial charge is 0.247 e. The van der Waals surface area contributed by atoms with Gasteiger partial charge in [-0.05, 0) is 30.0 Å². The molecule has 0 bridgehead atoms. The Balaban J connectivity index is 1.50. The van der Waals surface area contributed by atoms with Crippen molar-refractivity contribution in [1.29, 1.82) is 0 Å². The highest BCUT2D eigenvalue weighted by molar-refractivity contribution is 7.09. The molecule has 1 aromatic carbocycles. The fourth-order valence-corrected chi connectivity index (χ4v) is 2.59. The largest absolute Gasteiger partial charge is 0.419 e. The Bertz CT molecular complexity index is 634. The lowest BCUT2D eigenvalue weighted by molar-refractivity contribution is 0.479. The molecule has 0 aliphatic rings. The van der Waals surface area contributed by atoms with Gasteiger partial charge in [-0.1, -0.05) is 24.3 Å². The minimum Gasteiger partial charge on any atom is -0.419 e.